The molecule has 6 N–H and O–H groups in total. The average molecular weight is 530 g/mol. The van der Waals surface area contributed by atoms with Crippen LogP contribution in [-0.4, -0.2) is 23.0 Å². The van der Waals surface area contributed by atoms with E-state index in [4.69, 9.17) is 20.3 Å². The molecule has 0 spiro atoms. The normalized spacial score (nSPS) is 10.5. The van der Waals surface area contributed by atoms with Crippen LogP contribution in [0.25, 0.3) is 33.4 Å². The number of ether oxygens (including phenoxy) is 1. The maximum atomic E-state index is 12.7. The SMILES string of the molecule is NC(=[NH2+])Nc1ccc(C(=O)Oc2ccc3c(-c4ccccc4C(=O)O)c4ccc(=O)cc-4oc3c2)cc1.[Cl-]. The molecular weight excluding hydrogens is 510 g/mol. The Hall–Kier alpha value is -5.15. The lowest BCUT2D eigenvalue weighted by atomic mass is 9.91. The Bertz CT molecular complexity index is 1730. The van der Waals surface area contributed by atoms with Gasteiger partial charge in [0.2, 0.25) is 0 Å². The summed E-state index contributed by atoms with van der Waals surface area (Å²) in [5, 5.41) is 18.5. The van der Waals surface area contributed by atoms with Crippen molar-refractivity contribution in [3.63, 3.8) is 0 Å². The number of guanidine groups is 1. The van der Waals surface area contributed by atoms with Gasteiger partial charge in [0, 0.05) is 28.6 Å². The molecule has 3 aromatic carbocycles. The Labute approximate surface area is 221 Å². The second kappa shape index (κ2) is 10.5. The van der Waals surface area contributed by atoms with Crippen LogP contribution < -0.4 is 39.0 Å². The number of carboxylic acid groups (broad SMARTS) is 1. The highest BCUT2D eigenvalue weighted by Gasteiger charge is 2.22. The molecule has 0 unspecified atom stereocenters. The van der Waals surface area contributed by atoms with E-state index >= 15 is 0 Å². The molecule has 3 aromatic rings. The first-order valence-corrected chi connectivity index (χ1v) is 11.1. The fraction of sp³-hybridized carbons (Fsp3) is 0. The first kappa shape index (κ1) is 25.9. The summed E-state index contributed by atoms with van der Waals surface area (Å²) < 4.78 is 11.5. The molecule has 0 fully saturated rings. The summed E-state index contributed by atoms with van der Waals surface area (Å²) in [5.74, 6) is -1.18. The quantitative estimate of drug-likeness (QED) is 0.0812. The lowest BCUT2D eigenvalue weighted by molar-refractivity contribution is -0.115. The predicted octanol–water partition coefficient (Wildman–Crippen LogP) is -0.0281. The zero-order valence-electron chi connectivity index (χ0n) is 19.6. The smallest absolute Gasteiger partial charge is 0.343 e. The summed E-state index contributed by atoms with van der Waals surface area (Å²) in [6.45, 7) is 0. The summed E-state index contributed by atoms with van der Waals surface area (Å²) in [6.07, 6.45) is 0. The third-order valence-electron chi connectivity index (χ3n) is 5.71. The van der Waals surface area contributed by atoms with Crippen LogP contribution in [0.4, 0.5) is 5.69 Å². The second-order valence-electron chi connectivity index (χ2n) is 8.19. The van der Waals surface area contributed by atoms with Crippen molar-refractivity contribution < 1.29 is 41.7 Å². The van der Waals surface area contributed by atoms with E-state index in [0.717, 1.165) is 0 Å². The number of carbonyl (C=O) groups excluding carboxylic acids is 1. The molecule has 38 heavy (non-hydrogen) atoms. The van der Waals surface area contributed by atoms with Crippen molar-refractivity contribution in [1.82, 2.24) is 0 Å². The summed E-state index contributed by atoms with van der Waals surface area (Å²) in [5.41, 5.74) is 8.11. The topological polar surface area (TPSA) is 157 Å². The summed E-state index contributed by atoms with van der Waals surface area (Å²) >= 11 is 0. The minimum Gasteiger partial charge on any atom is -1.00 e. The number of esters is 1. The molecule has 0 saturated heterocycles. The van der Waals surface area contributed by atoms with Gasteiger partial charge in [-0.3, -0.25) is 15.9 Å². The number of benzene rings is 4. The van der Waals surface area contributed by atoms with E-state index in [-0.39, 0.29) is 40.9 Å². The van der Waals surface area contributed by atoms with E-state index in [2.05, 4.69) is 5.32 Å². The molecule has 0 saturated carbocycles. The van der Waals surface area contributed by atoms with Crippen molar-refractivity contribution in [2.75, 3.05) is 5.32 Å². The van der Waals surface area contributed by atoms with Crippen LogP contribution in [0.15, 0.2) is 94.1 Å². The minimum atomic E-state index is -1.09. The number of carbonyl (C=O) groups is 2. The van der Waals surface area contributed by atoms with Gasteiger partial charge in [-0.05, 0) is 60.2 Å². The van der Waals surface area contributed by atoms with Crippen molar-refractivity contribution in [3.05, 3.63) is 106 Å². The number of hydrogen-bond acceptors (Lipinski definition) is 5. The molecule has 10 heteroatoms. The second-order valence-corrected chi connectivity index (χ2v) is 8.19. The van der Waals surface area contributed by atoms with E-state index in [1.165, 1.54) is 24.3 Å². The number of rotatable bonds is 5. The zero-order valence-corrected chi connectivity index (χ0v) is 20.4. The molecule has 0 bridgehead atoms. The van der Waals surface area contributed by atoms with Crippen LogP contribution in [0.2, 0.25) is 0 Å². The van der Waals surface area contributed by atoms with Gasteiger partial charge in [-0.2, -0.15) is 0 Å². The lowest BCUT2D eigenvalue weighted by Crippen LogP contribution is -3.00. The number of nitrogens with two attached hydrogens (primary N) is 2. The largest absolute Gasteiger partial charge is 1.00 e. The molecule has 9 nitrogen and oxygen atoms in total. The Morgan fingerprint density at radius 3 is 2.37 bits per heavy atom. The Morgan fingerprint density at radius 2 is 1.66 bits per heavy atom. The number of anilines is 1. The number of halogens is 1. The highest BCUT2D eigenvalue weighted by molar-refractivity contribution is 6.07. The molecule has 5 rings (SSSR count). The molecule has 0 amide bonds. The van der Waals surface area contributed by atoms with E-state index in [9.17, 15) is 19.5 Å². The van der Waals surface area contributed by atoms with Crippen molar-refractivity contribution in [2.24, 2.45) is 5.73 Å². The molecule has 2 aliphatic rings. The Morgan fingerprint density at radius 1 is 0.921 bits per heavy atom. The molecule has 1 heterocycles. The first-order valence-electron chi connectivity index (χ1n) is 11.1. The van der Waals surface area contributed by atoms with Gasteiger partial charge in [-0.1, -0.05) is 18.2 Å². The molecule has 190 valence electrons. The zero-order chi connectivity index (χ0) is 26.1. The van der Waals surface area contributed by atoms with Gasteiger partial charge < -0.3 is 26.7 Å². The Balaban J connectivity index is 0.00000336. The van der Waals surface area contributed by atoms with E-state index in [1.807, 2.05) is 0 Å². The lowest BCUT2D eigenvalue weighted by Gasteiger charge is -2.17. The summed E-state index contributed by atoms with van der Waals surface area (Å²) in [6, 6.07) is 22.1. The van der Waals surface area contributed by atoms with Crippen LogP contribution in [0, 0.1) is 0 Å². The predicted molar refractivity (Wildman–Crippen MR) is 138 cm³/mol. The number of fused-ring (bicyclic) bond motifs is 2. The van der Waals surface area contributed by atoms with Crippen LogP contribution >= 0.6 is 0 Å². The highest BCUT2D eigenvalue weighted by atomic mass is 35.5. The van der Waals surface area contributed by atoms with Gasteiger partial charge >= 0.3 is 17.9 Å². The van der Waals surface area contributed by atoms with Crippen LogP contribution in [0.1, 0.15) is 20.7 Å². The van der Waals surface area contributed by atoms with Gasteiger partial charge in [0.1, 0.15) is 17.1 Å². The third-order valence-corrected chi connectivity index (χ3v) is 5.71. The van der Waals surface area contributed by atoms with Crippen molar-refractivity contribution in [2.45, 2.75) is 0 Å². The standard InChI is InChI=1S/C28H19N3O6.ClH/c29-28(30)31-16-7-5-15(6-8-16)27(35)36-18-10-12-22-24(14-18)37-23-13-17(32)9-11-21(23)25(22)19-3-1-2-4-20(19)26(33)34;/h1-14H,(H,33,34)(H4,29,30,31);1H. The Kier molecular flexibility index (Phi) is 7.13. The summed E-state index contributed by atoms with van der Waals surface area (Å²) in [7, 11) is 0. The van der Waals surface area contributed by atoms with Crippen LogP contribution in [0.5, 0.6) is 5.75 Å². The molecule has 0 radical (unpaired) electrons. The van der Waals surface area contributed by atoms with Crippen molar-refractivity contribution in [1.29, 1.82) is 0 Å². The minimum absolute atomic E-state index is 0. The maximum Gasteiger partial charge on any atom is 0.343 e. The number of nitrogens with one attached hydrogen (secondary N) is 1. The van der Waals surface area contributed by atoms with Crippen molar-refractivity contribution in [3.8, 4) is 28.2 Å². The maximum absolute atomic E-state index is 12.7. The molecule has 1 aliphatic heterocycles. The third kappa shape index (κ3) is 5.04. The van der Waals surface area contributed by atoms with Gasteiger partial charge in [0.25, 0.3) is 0 Å². The van der Waals surface area contributed by atoms with E-state index in [1.54, 1.807) is 60.7 Å². The van der Waals surface area contributed by atoms with Crippen LogP contribution in [-0.2, 0) is 0 Å². The van der Waals surface area contributed by atoms with Gasteiger partial charge in [0.05, 0.1) is 16.8 Å². The van der Waals surface area contributed by atoms with Crippen LogP contribution in [0.3, 0.4) is 0 Å². The van der Waals surface area contributed by atoms with Gasteiger partial charge in [-0.25, -0.2) is 14.9 Å². The summed E-state index contributed by atoms with van der Waals surface area (Å²) in [4.78, 5) is 36.7. The van der Waals surface area contributed by atoms with E-state index < -0.39 is 11.9 Å². The van der Waals surface area contributed by atoms with Gasteiger partial charge in [0.15, 0.2) is 5.43 Å². The molecule has 0 atom stereocenters. The first-order chi connectivity index (χ1) is 17.8. The molecule has 0 aromatic heterocycles. The average Bonchev–Trinajstić information content (AvgIpc) is 2.87. The number of hydrogen-bond donors (Lipinski definition) is 4. The number of carboxylic acids is 1. The fourth-order valence-electron chi connectivity index (χ4n) is 4.11. The molecular formula is C28H20ClN3O6. The van der Waals surface area contributed by atoms with Crippen molar-refractivity contribution >= 4 is 34.6 Å². The van der Waals surface area contributed by atoms with Gasteiger partial charge in [-0.15, -0.1) is 0 Å². The van der Waals surface area contributed by atoms with E-state index in [0.29, 0.717) is 38.9 Å². The monoisotopic (exact) mass is 529 g/mol. The fourth-order valence-corrected chi connectivity index (χ4v) is 4.11. The number of aromatic carboxylic acids is 1. The highest BCUT2D eigenvalue weighted by Crippen LogP contribution is 2.42. The molecule has 1 aliphatic carbocycles.